The maximum atomic E-state index is 12.9. The van der Waals surface area contributed by atoms with Gasteiger partial charge < -0.3 is 9.64 Å². The Balaban J connectivity index is 1.59. The van der Waals surface area contributed by atoms with Gasteiger partial charge in [0.2, 0.25) is 5.88 Å². The molecule has 0 radical (unpaired) electrons. The zero-order valence-corrected chi connectivity index (χ0v) is 13.2. The molecule has 1 aliphatic carbocycles. The van der Waals surface area contributed by atoms with E-state index >= 15 is 0 Å². The minimum absolute atomic E-state index is 0.0790. The predicted octanol–water partition coefficient (Wildman–Crippen LogP) is 3.09. The molecule has 2 heterocycles. The highest BCUT2D eigenvalue weighted by Gasteiger charge is 2.27. The van der Waals surface area contributed by atoms with Gasteiger partial charge in [-0.1, -0.05) is 6.07 Å². The third kappa shape index (κ3) is 2.61. The van der Waals surface area contributed by atoms with Gasteiger partial charge in [0.05, 0.1) is 11.6 Å². The smallest absolute Gasteiger partial charge is 0.258 e. The van der Waals surface area contributed by atoms with Crippen LogP contribution in [0.5, 0.6) is 5.88 Å². The molecule has 5 nitrogen and oxygen atoms in total. The average Bonchev–Trinajstić information content (AvgIpc) is 3.00. The minimum Gasteiger partial charge on any atom is -0.474 e. The highest BCUT2D eigenvalue weighted by molar-refractivity contribution is 6.07. The van der Waals surface area contributed by atoms with Crippen LogP contribution in [0.4, 0.5) is 5.69 Å². The van der Waals surface area contributed by atoms with E-state index in [4.69, 9.17) is 10.00 Å². The Hall–Kier alpha value is -2.87. The van der Waals surface area contributed by atoms with Gasteiger partial charge >= 0.3 is 0 Å². The largest absolute Gasteiger partial charge is 0.474 e. The molecule has 4 rings (SSSR count). The number of amides is 1. The molecule has 120 valence electrons. The molecule has 5 heteroatoms. The summed E-state index contributed by atoms with van der Waals surface area (Å²) in [5.74, 6) is 0.431. The van der Waals surface area contributed by atoms with Crippen molar-refractivity contribution in [2.45, 2.75) is 31.8 Å². The lowest BCUT2D eigenvalue weighted by molar-refractivity contribution is 0.0983. The van der Waals surface area contributed by atoms with Crippen LogP contribution in [0.25, 0.3) is 0 Å². The minimum atomic E-state index is -0.0790. The lowest BCUT2D eigenvalue weighted by Gasteiger charge is -2.26. The van der Waals surface area contributed by atoms with Crippen molar-refractivity contribution in [2.24, 2.45) is 0 Å². The molecule has 0 unspecified atom stereocenters. The van der Waals surface area contributed by atoms with Crippen LogP contribution in [0.15, 0.2) is 36.5 Å². The summed E-state index contributed by atoms with van der Waals surface area (Å²) in [4.78, 5) is 18.8. The molecule has 0 saturated heterocycles. The zero-order chi connectivity index (χ0) is 16.5. The number of nitriles is 1. The normalized spacial score (nSPS) is 16.2. The Morgan fingerprint density at radius 1 is 1.29 bits per heavy atom. The highest BCUT2D eigenvalue weighted by Crippen LogP contribution is 2.31. The second-order valence-corrected chi connectivity index (χ2v) is 6.22. The Bertz CT molecular complexity index is 837. The number of hydrogen-bond donors (Lipinski definition) is 0. The van der Waals surface area contributed by atoms with E-state index in [1.54, 1.807) is 35.4 Å². The van der Waals surface area contributed by atoms with E-state index in [1.165, 1.54) is 6.42 Å². The summed E-state index contributed by atoms with van der Waals surface area (Å²) in [6.07, 6.45) is 5.95. The van der Waals surface area contributed by atoms with Crippen molar-refractivity contribution in [1.82, 2.24) is 4.98 Å². The first-order valence-electron chi connectivity index (χ1n) is 8.22. The molecule has 1 aromatic carbocycles. The van der Waals surface area contributed by atoms with Gasteiger partial charge in [0, 0.05) is 30.1 Å². The molecule has 2 aliphatic rings. The van der Waals surface area contributed by atoms with Gasteiger partial charge in [-0.25, -0.2) is 4.98 Å². The van der Waals surface area contributed by atoms with E-state index < -0.39 is 0 Å². The first-order chi connectivity index (χ1) is 11.7. The maximum absolute atomic E-state index is 12.9. The van der Waals surface area contributed by atoms with Gasteiger partial charge in [0.25, 0.3) is 5.91 Å². The molecule has 1 saturated carbocycles. The van der Waals surface area contributed by atoms with Crippen LogP contribution in [-0.4, -0.2) is 23.5 Å². The second-order valence-electron chi connectivity index (χ2n) is 6.22. The Labute approximate surface area is 140 Å². The number of carbonyl (C=O) groups excluding carboxylic acids is 1. The summed E-state index contributed by atoms with van der Waals surface area (Å²) in [5.41, 5.74) is 3.06. The number of carbonyl (C=O) groups is 1. The van der Waals surface area contributed by atoms with Gasteiger partial charge in [0.1, 0.15) is 6.10 Å². The van der Waals surface area contributed by atoms with Gasteiger partial charge in [-0.05, 0) is 49.4 Å². The van der Waals surface area contributed by atoms with Crippen LogP contribution in [0.3, 0.4) is 0 Å². The number of hydrogen-bond acceptors (Lipinski definition) is 4. The maximum Gasteiger partial charge on any atom is 0.258 e. The molecule has 0 bridgehead atoms. The first kappa shape index (κ1) is 14.7. The predicted molar refractivity (Wildman–Crippen MR) is 89.0 cm³/mol. The number of pyridine rings is 1. The summed E-state index contributed by atoms with van der Waals surface area (Å²) in [7, 11) is 0. The van der Waals surface area contributed by atoms with Crippen LogP contribution in [0, 0.1) is 11.3 Å². The van der Waals surface area contributed by atoms with E-state index in [1.807, 2.05) is 6.07 Å². The number of ether oxygens (including phenoxy) is 1. The van der Waals surface area contributed by atoms with Gasteiger partial charge in [-0.15, -0.1) is 0 Å². The van der Waals surface area contributed by atoms with Crippen molar-refractivity contribution >= 4 is 11.6 Å². The number of fused-ring (bicyclic) bond motifs is 1. The molecular formula is C19H17N3O2. The number of aromatic nitrogens is 1. The lowest BCUT2D eigenvalue weighted by atomic mass is 9.96. The third-order valence-electron chi connectivity index (χ3n) is 4.68. The lowest BCUT2D eigenvalue weighted by Crippen LogP contribution is -2.29. The van der Waals surface area contributed by atoms with E-state index in [0.717, 1.165) is 30.5 Å². The molecule has 2 aromatic rings. The van der Waals surface area contributed by atoms with Gasteiger partial charge in [0.15, 0.2) is 0 Å². The van der Waals surface area contributed by atoms with Crippen LogP contribution < -0.4 is 9.64 Å². The fourth-order valence-corrected chi connectivity index (χ4v) is 3.08. The zero-order valence-electron chi connectivity index (χ0n) is 13.2. The molecule has 24 heavy (non-hydrogen) atoms. The fourth-order valence-electron chi connectivity index (χ4n) is 3.08. The van der Waals surface area contributed by atoms with Gasteiger partial charge in [-0.2, -0.15) is 5.26 Å². The summed E-state index contributed by atoms with van der Waals surface area (Å²) >= 11 is 0. The molecule has 0 N–H and O–H groups in total. The van der Waals surface area contributed by atoms with Crippen molar-refractivity contribution in [1.29, 1.82) is 5.26 Å². The summed E-state index contributed by atoms with van der Waals surface area (Å²) in [5, 5.41) is 9.08. The van der Waals surface area contributed by atoms with Crippen molar-refractivity contribution in [3.05, 3.63) is 53.2 Å². The topological polar surface area (TPSA) is 66.2 Å². The number of anilines is 1. The van der Waals surface area contributed by atoms with Crippen molar-refractivity contribution in [2.75, 3.05) is 11.4 Å². The molecular weight excluding hydrogens is 302 g/mol. The van der Waals surface area contributed by atoms with E-state index in [2.05, 4.69) is 11.1 Å². The fraction of sp³-hybridized carbons (Fsp3) is 0.316. The highest BCUT2D eigenvalue weighted by atomic mass is 16.5. The first-order valence-corrected chi connectivity index (χ1v) is 8.22. The molecule has 0 atom stereocenters. The number of benzene rings is 1. The summed E-state index contributed by atoms with van der Waals surface area (Å²) in [6.45, 7) is 0.629. The second kappa shape index (κ2) is 5.97. The summed E-state index contributed by atoms with van der Waals surface area (Å²) in [6, 6.07) is 11.1. The van der Waals surface area contributed by atoms with Crippen molar-refractivity contribution in [3.8, 4) is 11.9 Å². The van der Waals surface area contributed by atoms with E-state index in [0.29, 0.717) is 23.6 Å². The third-order valence-corrected chi connectivity index (χ3v) is 4.68. The van der Waals surface area contributed by atoms with Crippen LogP contribution in [0.2, 0.25) is 0 Å². The monoisotopic (exact) mass is 319 g/mol. The van der Waals surface area contributed by atoms with Gasteiger partial charge in [-0.3, -0.25) is 4.79 Å². The Kier molecular flexibility index (Phi) is 3.66. The van der Waals surface area contributed by atoms with Crippen LogP contribution >= 0.6 is 0 Å². The molecule has 1 amide bonds. The molecule has 1 aromatic heterocycles. The SMILES string of the molecule is N#Cc1ccc2c(c1)N(C(=O)c1ccnc(OC3CCC3)c1)CC2. The number of rotatable bonds is 3. The standard InChI is InChI=1S/C19H17N3O2/c20-12-13-4-5-14-7-9-22(17(14)10-13)19(23)15-6-8-21-18(11-15)24-16-2-1-3-16/h4-6,8,10-11,16H,1-3,7,9H2. The van der Waals surface area contributed by atoms with Crippen molar-refractivity contribution < 1.29 is 9.53 Å². The van der Waals surface area contributed by atoms with Crippen LogP contribution in [-0.2, 0) is 6.42 Å². The van der Waals surface area contributed by atoms with E-state index in [-0.39, 0.29) is 12.0 Å². The Morgan fingerprint density at radius 2 is 2.17 bits per heavy atom. The van der Waals surface area contributed by atoms with E-state index in [9.17, 15) is 4.79 Å². The molecule has 1 aliphatic heterocycles. The number of nitrogens with zero attached hydrogens (tertiary/aromatic N) is 3. The Morgan fingerprint density at radius 3 is 2.92 bits per heavy atom. The van der Waals surface area contributed by atoms with Crippen molar-refractivity contribution in [3.63, 3.8) is 0 Å². The average molecular weight is 319 g/mol. The molecule has 1 fully saturated rings. The quantitative estimate of drug-likeness (QED) is 0.872. The van der Waals surface area contributed by atoms with Crippen LogP contribution in [0.1, 0.15) is 40.7 Å². The summed E-state index contributed by atoms with van der Waals surface area (Å²) < 4.78 is 5.78. The molecule has 0 spiro atoms.